The average Bonchev–Trinajstić information content (AvgIpc) is 2.74. The van der Waals surface area contributed by atoms with Crippen molar-refractivity contribution in [2.45, 2.75) is 32.6 Å². The highest BCUT2D eigenvalue weighted by molar-refractivity contribution is 7.90. The van der Waals surface area contributed by atoms with Crippen LogP contribution in [0, 0.1) is 5.92 Å². The van der Waals surface area contributed by atoms with E-state index in [0.29, 0.717) is 5.82 Å². The van der Waals surface area contributed by atoms with Gasteiger partial charge in [0.25, 0.3) is 0 Å². The number of ether oxygens (including phenoxy) is 1. The first-order valence-electron chi connectivity index (χ1n) is 5.93. The minimum Gasteiger partial charge on any atom is -0.469 e. The van der Waals surface area contributed by atoms with Crippen LogP contribution in [-0.2, 0) is 25.1 Å². The smallest absolute Gasteiger partial charge is 0.309 e. The Labute approximate surface area is 112 Å². The third-order valence-electron chi connectivity index (χ3n) is 2.59. The van der Waals surface area contributed by atoms with Gasteiger partial charge in [-0.3, -0.25) is 4.79 Å². The SMILES string of the molecule is COC(=O)C(C)CS(=O)(=O)Cc1ncnn1C(C)C. The van der Waals surface area contributed by atoms with Crippen molar-refractivity contribution in [2.75, 3.05) is 12.9 Å². The van der Waals surface area contributed by atoms with Gasteiger partial charge in [-0.15, -0.1) is 0 Å². The number of esters is 1. The van der Waals surface area contributed by atoms with E-state index in [1.54, 1.807) is 4.68 Å². The van der Waals surface area contributed by atoms with E-state index in [0.717, 1.165) is 0 Å². The number of hydrogen-bond donors (Lipinski definition) is 0. The van der Waals surface area contributed by atoms with Crippen molar-refractivity contribution in [1.29, 1.82) is 0 Å². The Hall–Kier alpha value is -1.44. The fourth-order valence-electron chi connectivity index (χ4n) is 1.71. The van der Waals surface area contributed by atoms with Crippen LogP contribution in [0.4, 0.5) is 0 Å². The number of rotatable bonds is 6. The lowest BCUT2D eigenvalue weighted by Gasteiger charge is -2.12. The molecule has 8 heteroatoms. The summed E-state index contributed by atoms with van der Waals surface area (Å²) in [6.45, 7) is 5.31. The topological polar surface area (TPSA) is 91.2 Å². The van der Waals surface area contributed by atoms with Gasteiger partial charge < -0.3 is 4.74 Å². The van der Waals surface area contributed by atoms with Crippen LogP contribution < -0.4 is 0 Å². The zero-order chi connectivity index (χ0) is 14.6. The Morgan fingerprint density at radius 2 is 2.05 bits per heavy atom. The van der Waals surface area contributed by atoms with Crippen LogP contribution in [0.1, 0.15) is 32.6 Å². The highest BCUT2D eigenvalue weighted by Crippen LogP contribution is 2.12. The number of aromatic nitrogens is 3. The summed E-state index contributed by atoms with van der Waals surface area (Å²) in [5.41, 5.74) is 0. The van der Waals surface area contributed by atoms with Crippen LogP contribution in [0.15, 0.2) is 6.33 Å². The molecule has 0 fully saturated rings. The van der Waals surface area contributed by atoms with E-state index in [1.807, 2.05) is 13.8 Å². The molecule has 1 aromatic rings. The van der Waals surface area contributed by atoms with E-state index in [-0.39, 0.29) is 17.5 Å². The maximum Gasteiger partial charge on any atom is 0.309 e. The highest BCUT2D eigenvalue weighted by Gasteiger charge is 2.24. The van der Waals surface area contributed by atoms with Crippen molar-refractivity contribution in [3.05, 3.63) is 12.2 Å². The van der Waals surface area contributed by atoms with Crippen LogP contribution in [0.2, 0.25) is 0 Å². The minimum atomic E-state index is -3.44. The second kappa shape index (κ2) is 6.14. The van der Waals surface area contributed by atoms with Crippen LogP contribution in [0.5, 0.6) is 0 Å². The molecule has 7 nitrogen and oxygen atoms in total. The van der Waals surface area contributed by atoms with Gasteiger partial charge in [-0.05, 0) is 13.8 Å². The molecular weight excluding hydrogens is 270 g/mol. The Balaban J connectivity index is 2.80. The highest BCUT2D eigenvalue weighted by atomic mass is 32.2. The molecule has 1 unspecified atom stereocenters. The molecule has 0 aliphatic carbocycles. The minimum absolute atomic E-state index is 0.0331. The predicted molar refractivity (Wildman–Crippen MR) is 69.1 cm³/mol. The molecule has 0 N–H and O–H groups in total. The lowest BCUT2D eigenvalue weighted by atomic mass is 10.2. The summed E-state index contributed by atoms with van der Waals surface area (Å²) in [4.78, 5) is 15.2. The van der Waals surface area contributed by atoms with Crippen molar-refractivity contribution in [2.24, 2.45) is 5.92 Å². The lowest BCUT2D eigenvalue weighted by molar-refractivity contribution is -0.144. The van der Waals surface area contributed by atoms with Gasteiger partial charge in [0.1, 0.15) is 17.9 Å². The number of nitrogens with zero attached hydrogens (tertiary/aromatic N) is 3. The first-order valence-corrected chi connectivity index (χ1v) is 7.75. The Bertz CT molecular complexity index is 536. The van der Waals surface area contributed by atoms with Crippen LogP contribution in [-0.4, -0.2) is 42.0 Å². The standard InChI is InChI=1S/C11H19N3O4S/c1-8(2)14-10(12-7-13-14)6-19(16,17)5-9(3)11(15)18-4/h7-9H,5-6H2,1-4H3. The van der Waals surface area contributed by atoms with Crippen molar-refractivity contribution in [3.63, 3.8) is 0 Å². The van der Waals surface area contributed by atoms with Crippen LogP contribution in [0.25, 0.3) is 0 Å². The summed E-state index contributed by atoms with van der Waals surface area (Å²) in [6.07, 6.45) is 1.33. The van der Waals surface area contributed by atoms with Gasteiger partial charge in [0.2, 0.25) is 0 Å². The summed E-state index contributed by atoms with van der Waals surface area (Å²) >= 11 is 0. The fraction of sp³-hybridized carbons (Fsp3) is 0.727. The fourth-order valence-corrected chi connectivity index (χ4v) is 3.33. The molecule has 0 aliphatic rings. The quantitative estimate of drug-likeness (QED) is 0.712. The molecule has 0 amide bonds. The molecule has 0 spiro atoms. The van der Waals surface area contributed by atoms with E-state index < -0.39 is 21.7 Å². The number of hydrogen-bond acceptors (Lipinski definition) is 6. The third-order valence-corrected chi connectivity index (χ3v) is 4.30. The largest absolute Gasteiger partial charge is 0.469 e. The van der Waals surface area contributed by atoms with Crippen molar-refractivity contribution in [1.82, 2.24) is 14.8 Å². The normalized spacial score (nSPS) is 13.5. The molecule has 1 rings (SSSR count). The molecule has 0 aliphatic heterocycles. The second-order valence-corrected chi connectivity index (χ2v) is 6.80. The van der Waals surface area contributed by atoms with Gasteiger partial charge in [0.05, 0.1) is 18.8 Å². The molecule has 1 aromatic heterocycles. The van der Waals surface area contributed by atoms with Gasteiger partial charge in [0.15, 0.2) is 9.84 Å². The molecule has 0 saturated heterocycles. The summed E-state index contributed by atoms with van der Waals surface area (Å²) < 4.78 is 30.1. The molecule has 1 heterocycles. The lowest BCUT2D eigenvalue weighted by Crippen LogP contribution is -2.24. The molecular formula is C11H19N3O4S. The zero-order valence-corrected chi connectivity index (χ0v) is 12.3. The number of carbonyl (C=O) groups is 1. The van der Waals surface area contributed by atoms with Crippen LogP contribution >= 0.6 is 0 Å². The van der Waals surface area contributed by atoms with E-state index in [9.17, 15) is 13.2 Å². The van der Waals surface area contributed by atoms with Crippen molar-refractivity contribution < 1.29 is 17.9 Å². The predicted octanol–water partition coefficient (Wildman–Crippen LogP) is 0.583. The zero-order valence-electron chi connectivity index (χ0n) is 11.5. The van der Waals surface area contributed by atoms with Gasteiger partial charge in [-0.1, -0.05) is 6.92 Å². The molecule has 1 atom stereocenters. The van der Waals surface area contributed by atoms with Gasteiger partial charge >= 0.3 is 5.97 Å². The Morgan fingerprint density at radius 3 is 2.58 bits per heavy atom. The monoisotopic (exact) mass is 289 g/mol. The molecule has 0 radical (unpaired) electrons. The third kappa shape index (κ3) is 4.30. The van der Waals surface area contributed by atoms with Crippen LogP contribution in [0.3, 0.4) is 0 Å². The van der Waals surface area contributed by atoms with E-state index in [4.69, 9.17) is 0 Å². The number of sulfone groups is 1. The molecule has 0 aromatic carbocycles. The first kappa shape index (κ1) is 15.6. The Kier molecular flexibility index (Phi) is 5.04. The van der Waals surface area contributed by atoms with E-state index in [1.165, 1.54) is 20.4 Å². The molecule has 108 valence electrons. The first-order chi connectivity index (χ1) is 8.76. The summed E-state index contributed by atoms with van der Waals surface area (Å²) in [5.74, 6) is -1.33. The maximum atomic E-state index is 12.0. The molecule has 19 heavy (non-hydrogen) atoms. The summed E-state index contributed by atoms with van der Waals surface area (Å²) in [7, 11) is -2.20. The molecule has 0 saturated carbocycles. The van der Waals surface area contributed by atoms with E-state index >= 15 is 0 Å². The Morgan fingerprint density at radius 1 is 1.42 bits per heavy atom. The maximum absolute atomic E-state index is 12.0. The number of carbonyl (C=O) groups excluding carboxylic acids is 1. The van der Waals surface area contributed by atoms with E-state index in [2.05, 4.69) is 14.8 Å². The van der Waals surface area contributed by atoms with Gasteiger partial charge in [-0.2, -0.15) is 5.10 Å². The molecule has 0 bridgehead atoms. The van der Waals surface area contributed by atoms with Gasteiger partial charge in [-0.25, -0.2) is 18.1 Å². The second-order valence-electron chi connectivity index (χ2n) is 4.69. The van der Waals surface area contributed by atoms with Crippen molar-refractivity contribution >= 4 is 15.8 Å². The summed E-state index contributed by atoms with van der Waals surface area (Å²) in [6, 6.07) is 0.0331. The summed E-state index contributed by atoms with van der Waals surface area (Å²) in [5, 5.41) is 3.98. The van der Waals surface area contributed by atoms with Gasteiger partial charge in [0, 0.05) is 6.04 Å². The average molecular weight is 289 g/mol. The number of methoxy groups -OCH3 is 1. The van der Waals surface area contributed by atoms with Crippen molar-refractivity contribution in [3.8, 4) is 0 Å².